The molecule has 2 aliphatic heterocycles. The average molecular weight is 339 g/mol. The van der Waals surface area contributed by atoms with E-state index in [0.29, 0.717) is 24.5 Å². The fourth-order valence-electron chi connectivity index (χ4n) is 3.81. The van der Waals surface area contributed by atoms with E-state index in [4.69, 9.17) is 4.74 Å². The van der Waals surface area contributed by atoms with Gasteiger partial charge in [-0.3, -0.25) is 4.79 Å². The maximum absolute atomic E-state index is 12.3. The van der Waals surface area contributed by atoms with Crippen LogP contribution >= 0.6 is 12.4 Å². The molecule has 1 amide bonds. The molecule has 0 spiro atoms. The second kappa shape index (κ2) is 8.02. The number of hydrogen-bond acceptors (Lipinski definition) is 3. The molecule has 128 valence electrons. The molecule has 0 aliphatic carbocycles. The van der Waals surface area contributed by atoms with E-state index in [1.807, 2.05) is 18.2 Å². The largest absolute Gasteiger partial charge is 0.497 e. The number of carbonyl (C=O) groups excluding carboxylic acids is 1. The molecule has 4 nitrogen and oxygen atoms in total. The van der Waals surface area contributed by atoms with Crippen molar-refractivity contribution in [2.24, 2.45) is 0 Å². The molecule has 2 aliphatic rings. The summed E-state index contributed by atoms with van der Waals surface area (Å²) in [5.41, 5.74) is 1.15. The fraction of sp³-hybridized carbons (Fsp3) is 0.611. The fourth-order valence-corrected chi connectivity index (χ4v) is 3.81. The number of benzene rings is 1. The van der Waals surface area contributed by atoms with E-state index in [9.17, 15) is 4.79 Å². The number of nitrogens with one attached hydrogen (secondary N) is 2. The highest BCUT2D eigenvalue weighted by molar-refractivity contribution is 5.85. The van der Waals surface area contributed by atoms with Crippen LogP contribution in [-0.4, -0.2) is 31.1 Å². The second-order valence-corrected chi connectivity index (χ2v) is 6.76. The van der Waals surface area contributed by atoms with Crippen molar-refractivity contribution < 1.29 is 9.53 Å². The summed E-state index contributed by atoms with van der Waals surface area (Å²) in [5.74, 6) is 1.22. The SMILES string of the molecule is COc1cccc(C(C)CC(=O)NC2CC3CCC(C2)N3)c1.Cl. The van der Waals surface area contributed by atoms with Crippen LogP contribution in [0.25, 0.3) is 0 Å². The zero-order valence-corrected chi connectivity index (χ0v) is 14.7. The molecule has 0 saturated carbocycles. The second-order valence-electron chi connectivity index (χ2n) is 6.76. The highest BCUT2D eigenvalue weighted by Crippen LogP contribution is 2.27. The van der Waals surface area contributed by atoms with Crippen LogP contribution in [0.4, 0.5) is 0 Å². The quantitative estimate of drug-likeness (QED) is 0.867. The Balaban J connectivity index is 0.00000192. The van der Waals surface area contributed by atoms with Gasteiger partial charge in [0, 0.05) is 24.5 Å². The number of rotatable bonds is 5. The van der Waals surface area contributed by atoms with Crippen LogP contribution in [0.3, 0.4) is 0 Å². The summed E-state index contributed by atoms with van der Waals surface area (Å²) in [7, 11) is 1.67. The molecule has 0 radical (unpaired) electrons. The Morgan fingerprint density at radius 2 is 2.04 bits per heavy atom. The molecule has 2 N–H and O–H groups in total. The van der Waals surface area contributed by atoms with E-state index in [-0.39, 0.29) is 24.2 Å². The topological polar surface area (TPSA) is 50.4 Å². The Kier molecular flexibility index (Phi) is 6.31. The van der Waals surface area contributed by atoms with Gasteiger partial charge < -0.3 is 15.4 Å². The Morgan fingerprint density at radius 1 is 1.35 bits per heavy atom. The van der Waals surface area contributed by atoms with Crippen LogP contribution in [0.1, 0.15) is 50.5 Å². The maximum Gasteiger partial charge on any atom is 0.220 e. The zero-order valence-electron chi connectivity index (χ0n) is 13.9. The minimum Gasteiger partial charge on any atom is -0.497 e. The summed E-state index contributed by atoms with van der Waals surface area (Å²) in [4.78, 5) is 12.3. The Morgan fingerprint density at radius 3 is 2.70 bits per heavy atom. The maximum atomic E-state index is 12.3. The van der Waals surface area contributed by atoms with Crippen LogP contribution in [0.15, 0.2) is 24.3 Å². The van der Waals surface area contributed by atoms with Crippen molar-refractivity contribution in [1.29, 1.82) is 0 Å². The first-order valence-electron chi connectivity index (χ1n) is 8.33. The summed E-state index contributed by atoms with van der Waals surface area (Å²) in [6, 6.07) is 9.56. The Hall–Kier alpha value is -1.26. The first-order valence-corrected chi connectivity index (χ1v) is 8.33. The molecule has 2 bridgehead atoms. The smallest absolute Gasteiger partial charge is 0.220 e. The van der Waals surface area contributed by atoms with Crippen molar-refractivity contribution in [3.63, 3.8) is 0 Å². The van der Waals surface area contributed by atoms with Gasteiger partial charge in [-0.2, -0.15) is 0 Å². The van der Waals surface area contributed by atoms with Crippen LogP contribution in [0.5, 0.6) is 5.75 Å². The van der Waals surface area contributed by atoms with Crippen molar-refractivity contribution in [2.75, 3.05) is 7.11 Å². The third kappa shape index (κ3) is 4.61. The Bertz CT molecular complexity index is 526. The number of methoxy groups -OCH3 is 1. The molecule has 2 heterocycles. The predicted molar refractivity (Wildman–Crippen MR) is 94.4 cm³/mol. The summed E-state index contributed by atoms with van der Waals surface area (Å²) < 4.78 is 5.25. The van der Waals surface area contributed by atoms with E-state index >= 15 is 0 Å². The number of amides is 1. The molecule has 3 atom stereocenters. The Labute approximate surface area is 144 Å². The number of hydrogen-bond donors (Lipinski definition) is 2. The van der Waals surface area contributed by atoms with Crippen molar-refractivity contribution in [3.8, 4) is 5.75 Å². The van der Waals surface area contributed by atoms with Crippen molar-refractivity contribution >= 4 is 18.3 Å². The van der Waals surface area contributed by atoms with Gasteiger partial charge in [-0.1, -0.05) is 19.1 Å². The van der Waals surface area contributed by atoms with Crippen LogP contribution < -0.4 is 15.4 Å². The third-order valence-corrected chi connectivity index (χ3v) is 4.99. The van der Waals surface area contributed by atoms with Gasteiger partial charge in [0.2, 0.25) is 5.91 Å². The summed E-state index contributed by atoms with van der Waals surface area (Å²) >= 11 is 0. The van der Waals surface area contributed by atoms with Gasteiger partial charge in [0.15, 0.2) is 0 Å². The monoisotopic (exact) mass is 338 g/mol. The zero-order chi connectivity index (χ0) is 15.5. The van der Waals surface area contributed by atoms with E-state index in [1.54, 1.807) is 7.11 Å². The van der Waals surface area contributed by atoms with Crippen LogP contribution in [0, 0.1) is 0 Å². The molecule has 2 fully saturated rings. The van der Waals surface area contributed by atoms with Gasteiger partial charge in [0.25, 0.3) is 0 Å². The first kappa shape index (κ1) is 18.1. The molecule has 0 aromatic heterocycles. The molecule has 3 unspecified atom stereocenters. The highest BCUT2D eigenvalue weighted by Gasteiger charge is 2.34. The predicted octanol–water partition coefficient (Wildman–Crippen LogP) is 3.01. The highest BCUT2D eigenvalue weighted by atomic mass is 35.5. The number of piperidine rings is 1. The standard InChI is InChI=1S/C18H26N2O2.ClH/c1-12(13-4-3-5-17(9-13)22-2)8-18(21)20-16-10-14-6-7-15(11-16)19-14;/h3-5,9,12,14-16,19H,6-8,10-11H2,1-2H3,(H,20,21);1H. The lowest BCUT2D eigenvalue weighted by atomic mass is 9.96. The molecular formula is C18H27ClN2O2. The van der Waals surface area contributed by atoms with Gasteiger partial charge >= 0.3 is 0 Å². The number of carbonyl (C=O) groups is 1. The summed E-state index contributed by atoms with van der Waals surface area (Å²) in [6.07, 6.45) is 5.21. The minimum atomic E-state index is 0. The van der Waals surface area contributed by atoms with Crippen LogP contribution in [-0.2, 0) is 4.79 Å². The lowest BCUT2D eigenvalue weighted by Crippen LogP contribution is -2.48. The molecule has 1 aromatic rings. The number of fused-ring (bicyclic) bond motifs is 2. The minimum absolute atomic E-state index is 0. The molecule has 3 rings (SSSR count). The summed E-state index contributed by atoms with van der Waals surface area (Å²) in [6.45, 7) is 2.10. The third-order valence-electron chi connectivity index (χ3n) is 4.99. The normalized spacial score (nSPS) is 27.0. The van der Waals surface area contributed by atoms with Crippen molar-refractivity contribution in [2.45, 2.75) is 63.1 Å². The molecule has 1 aromatic carbocycles. The molecule has 2 saturated heterocycles. The molecular weight excluding hydrogens is 312 g/mol. The van der Waals surface area contributed by atoms with E-state index < -0.39 is 0 Å². The van der Waals surface area contributed by atoms with Gasteiger partial charge in [0.1, 0.15) is 5.75 Å². The summed E-state index contributed by atoms with van der Waals surface area (Å²) in [5, 5.41) is 6.85. The van der Waals surface area contributed by atoms with Crippen LogP contribution in [0.2, 0.25) is 0 Å². The van der Waals surface area contributed by atoms with Gasteiger partial charge in [0.05, 0.1) is 7.11 Å². The lowest BCUT2D eigenvalue weighted by molar-refractivity contribution is -0.122. The van der Waals surface area contributed by atoms with Crippen molar-refractivity contribution in [3.05, 3.63) is 29.8 Å². The first-order chi connectivity index (χ1) is 10.6. The van der Waals surface area contributed by atoms with E-state index in [0.717, 1.165) is 24.2 Å². The number of halogens is 1. The van der Waals surface area contributed by atoms with Crippen molar-refractivity contribution in [1.82, 2.24) is 10.6 Å². The molecule has 23 heavy (non-hydrogen) atoms. The van der Waals surface area contributed by atoms with E-state index in [2.05, 4.69) is 23.6 Å². The van der Waals surface area contributed by atoms with Gasteiger partial charge in [-0.15, -0.1) is 12.4 Å². The molecule has 5 heteroatoms. The number of ether oxygens (including phenoxy) is 1. The lowest BCUT2D eigenvalue weighted by Gasteiger charge is -2.30. The van der Waals surface area contributed by atoms with E-state index in [1.165, 1.54) is 12.8 Å². The van der Waals surface area contributed by atoms with Gasteiger partial charge in [-0.25, -0.2) is 0 Å². The van der Waals surface area contributed by atoms with Gasteiger partial charge in [-0.05, 0) is 49.3 Å². The average Bonchev–Trinajstić information content (AvgIpc) is 2.86.